The van der Waals surface area contributed by atoms with Gasteiger partial charge in [0, 0.05) is 31.2 Å². The van der Waals surface area contributed by atoms with E-state index in [4.69, 9.17) is 11.6 Å². The number of halogens is 2. The van der Waals surface area contributed by atoms with Crippen molar-refractivity contribution in [1.29, 1.82) is 0 Å². The lowest BCUT2D eigenvalue weighted by Crippen LogP contribution is -2.35. The first-order chi connectivity index (χ1) is 15.8. The Morgan fingerprint density at radius 3 is 2.61 bits per heavy atom. The Morgan fingerprint density at radius 1 is 1.12 bits per heavy atom. The fourth-order valence-corrected chi connectivity index (χ4v) is 5.55. The smallest absolute Gasteiger partial charge is 0.348 e. The highest BCUT2D eigenvalue weighted by molar-refractivity contribution is 7.89. The van der Waals surface area contributed by atoms with E-state index in [0.29, 0.717) is 29.6 Å². The van der Waals surface area contributed by atoms with Crippen molar-refractivity contribution in [3.8, 4) is 0 Å². The van der Waals surface area contributed by atoms with Crippen molar-refractivity contribution in [3.63, 3.8) is 0 Å². The van der Waals surface area contributed by atoms with Crippen LogP contribution in [0.3, 0.4) is 0 Å². The SMILES string of the molecule is O=C(Cn1c(=O)ncc2cc(S(=O)(=O)N3CCCCC3)ccc21)NCc1ccc(F)c(Cl)c1. The number of piperidine rings is 1. The van der Waals surface area contributed by atoms with E-state index in [9.17, 15) is 22.4 Å². The molecule has 2 heterocycles. The average molecular weight is 493 g/mol. The van der Waals surface area contributed by atoms with Crippen molar-refractivity contribution in [1.82, 2.24) is 19.2 Å². The molecule has 4 rings (SSSR count). The van der Waals surface area contributed by atoms with Gasteiger partial charge in [-0.15, -0.1) is 0 Å². The zero-order chi connectivity index (χ0) is 23.6. The molecule has 174 valence electrons. The highest BCUT2D eigenvalue weighted by Gasteiger charge is 2.26. The third kappa shape index (κ3) is 5.07. The second-order valence-corrected chi connectivity index (χ2v) is 10.2. The second kappa shape index (κ2) is 9.58. The van der Waals surface area contributed by atoms with Gasteiger partial charge in [-0.2, -0.15) is 4.31 Å². The van der Waals surface area contributed by atoms with Gasteiger partial charge in [0.2, 0.25) is 15.9 Å². The molecule has 0 unspecified atom stereocenters. The molecule has 1 saturated heterocycles. The molecule has 3 aromatic rings. The van der Waals surface area contributed by atoms with Crippen molar-refractivity contribution in [2.24, 2.45) is 0 Å². The Balaban J connectivity index is 1.55. The molecule has 0 saturated carbocycles. The molecule has 0 radical (unpaired) electrons. The molecule has 0 bridgehead atoms. The van der Waals surface area contributed by atoms with Gasteiger partial charge >= 0.3 is 5.69 Å². The maximum Gasteiger partial charge on any atom is 0.348 e. The number of nitrogens with one attached hydrogen (secondary N) is 1. The minimum absolute atomic E-state index is 0.0495. The molecular weight excluding hydrogens is 471 g/mol. The van der Waals surface area contributed by atoms with Crippen LogP contribution in [0.15, 0.2) is 52.3 Å². The van der Waals surface area contributed by atoms with Crippen molar-refractivity contribution in [2.45, 2.75) is 37.2 Å². The Labute approximate surface area is 195 Å². The molecule has 1 amide bonds. The van der Waals surface area contributed by atoms with E-state index in [-0.39, 0.29) is 23.0 Å². The summed E-state index contributed by atoms with van der Waals surface area (Å²) in [6, 6.07) is 8.55. The predicted octanol–water partition coefficient (Wildman–Crippen LogP) is 2.68. The van der Waals surface area contributed by atoms with Gasteiger partial charge in [0.05, 0.1) is 15.4 Å². The summed E-state index contributed by atoms with van der Waals surface area (Å²) >= 11 is 5.75. The van der Waals surface area contributed by atoms with E-state index < -0.39 is 27.4 Å². The monoisotopic (exact) mass is 492 g/mol. The summed E-state index contributed by atoms with van der Waals surface area (Å²) in [5.41, 5.74) is 0.368. The Kier molecular flexibility index (Phi) is 6.78. The van der Waals surface area contributed by atoms with E-state index in [2.05, 4.69) is 10.3 Å². The fourth-order valence-electron chi connectivity index (χ4n) is 3.80. The molecule has 0 atom stereocenters. The molecule has 0 aliphatic carbocycles. The number of benzene rings is 2. The van der Waals surface area contributed by atoms with Gasteiger partial charge in [-0.25, -0.2) is 22.6 Å². The van der Waals surface area contributed by atoms with Crippen molar-refractivity contribution in [3.05, 3.63) is 69.5 Å². The highest BCUT2D eigenvalue weighted by atomic mass is 35.5. The number of rotatable bonds is 6. The number of amides is 1. The van der Waals surface area contributed by atoms with Crippen molar-refractivity contribution >= 4 is 38.4 Å². The van der Waals surface area contributed by atoms with Crippen LogP contribution in [0.1, 0.15) is 24.8 Å². The third-order valence-corrected chi connectivity index (χ3v) is 7.75. The summed E-state index contributed by atoms with van der Waals surface area (Å²) < 4.78 is 41.9. The van der Waals surface area contributed by atoms with E-state index in [1.165, 1.54) is 51.5 Å². The van der Waals surface area contributed by atoms with Crippen LogP contribution in [0, 0.1) is 5.82 Å². The Bertz CT molecular complexity index is 1370. The van der Waals surface area contributed by atoms with Gasteiger partial charge in [0.25, 0.3) is 0 Å². The number of carbonyl (C=O) groups excluding carboxylic acids is 1. The molecule has 33 heavy (non-hydrogen) atoms. The topological polar surface area (TPSA) is 101 Å². The van der Waals surface area contributed by atoms with Crippen LogP contribution in [0.2, 0.25) is 5.02 Å². The zero-order valence-electron chi connectivity index (χ0n) is 17.6. The summed E-state index contributed by atoms with van der Waals surface area (Å²) in [5, 5.41) is 3.04. The third-order valence-electron chi connectivity index (χ3n) is 5.56. The number of aromatic nitrogens is 2. The number of sulfonamides is 1. The van der Waals surface area contributed by atoms with E-state index in [1.807, 2.05) is 0 Å². The standard InChI is InChI=1S/C22H22ClFN4O4S/c23-18-10-15(4-6-19(18)24)12-25-21(29)14-28-20-7-5-17(11-16(20)13-26-22(28)30)33(31,32)27-8-2-1-3-9-27/h4-7,10-11,13H,1-3,8-9,12,14H2,(H,25,29). The first-order valence-corrected chi connectivity index (χ1v) is 12.3. The summed E-state index contributed by atoms with van der Waals surface area (Å²) in [6.45, 7) is 0.759. The van der Waals surface area contributed by atoms with Gasteiger partial charge in [0.1, 0.15) is 12.4 Å². The van der Waals surface area contributed by atoms with Crippen molar-refractivity contribution < 1.29 is 17.6 Å². The van der Waals surface area contributed by atoms with E-state index in [0.717, 1.165) is 19.3 Å². The Hall–Kier alpha value is -2.82. The molecule has 2 aromatic carbocycles. The summed E-state index contributed by atoms with van der Waals surface area (Å²) in [7, 11) is -3.64. The molecule has 1 N–H and O–H groups in total. The number of hydrogen-bond donors (Lipinski definition) is 1. The number of carbonyl (C=O) groups is 1. The summed E-state index contributed by atoms with van der Waals surface area (Å²) in [4.78, 5) is 28.7. The van der Waals surface area contributed by atoms with E-state index in [1.54, 1.807) is 0 Å². The van der Waals surface area contributed by atoms with Gasteiger partial charge in [-0.3, -0.25) is 9.36 Å². The van der Waals surface area contributed by atoms with Crippen LogP contribution < -0.4 is 11.0 Å². The zero-order valence-corrected chi connectivity index (χ0v) is 19.2. The molecular formula is C22H22ClFN4O4S. The summed E-state index contributed by atoms with van der Waals surface area (Å²) in [5.74, 6) is -1.02. The molecule has 8 nitrogen and oxygen atoms in total. The van der Waals surface area contributed by atoms with Crippen LogP contribution in [-0.2, 0) is 27.9 Å². The minimum Gasteiger partial charge on any atom is -0.350 e. The lowest BCUT2D eigenvalue weighted by molar-refractivity contribution is -0.121. The Morgan fingerprint density at radius 2 is 1.88 bits per heavy atom. The molecule has 1 aromatic heterocycles. The maximum atomic E-state index is 13.3. The normalized spacial score (nSPS) is 15.0. The fraction of sp³-hybridized carbons (Fsp3) is 0.318. The van der Waals surface area contributed by atoms with E-state index >= 15 is 0 Å². The number of hydrogen-bond acceptors (Lipinski definition) is 5. The van der Waals surface area contributed by atoms with Gasteiger partial charge < -0.3 is 5.32 Å². The lowest BCUT2D eigenvalue weighted by Gasteiger charge is -2.26. The number of fused-ring (bicyclic) bond motifs is 1. The highest BCUT2D eigenvalue weighted by Crippen LogP contribution is 2.23. The first kappa shape index (κ1) is 23.3. The molecule has 1 fully saturated rings. The first-order valence-electron chi connectivity index (χ1n) is 10.5. The molecule has 0 spiro atoms. The van der Waals surface area contributed by atoms with Gasteiger partial charge in [-0.05, 0) is 48.7 Å². The number of nitrogens with zero attached hydrogens (tertiary/aromatic N) is 3. The van der Waals surface area contributed by atoms with Crippen LogP contribution in [0.25, 0.3) is 10.9 Å². The van der Waals surface area contributed by atoms with Crippen LogP contribution in [-0.4, -0.2) is 41.3 Å². The summed E-state index contributed by atoms with van der Waals surface area (Å²) in [6.07, 6.45) is 3.97. The average Bonchev–Trinajstić information content (AvgIpc) is 2.82. The van der Waals surface area contributed by atoms with Crippen LogP contribution >= 0.6 is 11.6 Å². The maximum absolute atomic E-state index is 13.3. The van der Waals surface area contributed by atoms with Crippen LogP contribution in [0.5, 0.6) is 0 Å². The predicted molar refractivity (Wildman–Crippen MR) is 122 cm³/mol. The van der Waals surface area contributed by atoms with Gasteiger partial charge in [0.15, 0.2) is 0 Å². The van der Waals surface area contributed by atoms with Gasteiger partial charge in [-0.1, -0.05) is 24.1 Å². The quantitative estimate of drug-likeness (QED) is 0.570. The molecule has 1 aliphatic heterocycles. The molecule has 1 aliphatic rings. The minimum atomic E-state index is -3.64. The van der Waals surface area contributed by atoms with Crippen molar-refractivity contribution in [2.75, 3.05) is 13.1 Å². The lowest BCUT2D eigenvalue weighted by atomic mass is 10.2. The second-order valence-electron chi connectivity index (χ2n) is 7.84. The largest absolute Gasteiger partial charge is 0.350 e. The van der Waals surface area contributed by atoms with Crippen LogP contribution in [0.4, 0.5) is 4.39 Å². The molecule has 11 heteroatoms.